The van der Waals surface area contributed by atoms with Gasteiger partial charge in [-0.2, -0.15) is 0 Å². The van der Waals surface area contributed by atoms with Crippen LogP contribution in [0.1, 0.15) is 26.2 Å². The molecule has 0 aromatic heterocycles. The third kappa shape index (κ3) is 11.9. The van der Waals surface area contributed by atoms with Crippen molar-refractivity contribution in [2.75, 3.05) is 40.0 Å². The summed E-state index contributed by atoms with van der Waals surface area (Å²) in [6.45, 7) is 6.71. The Balaban J connectivity index is 2.76. The maximum absolute atomic E-state index is 5.33. The standard InChI is InChI=1S/C10H23NO2/c1-3-6-11-7-4-5-8-13-10-9-12-2/h11H,3-10H2,1-2H3. The molecular weight excluding hydrogens is 166 g/mol. The van der Waals surface area contributed by atoms with E-state index in [4.69, 9.17) is 9.47 Å². The van der Waals surface area contributed by atoms with Crippen LogP contribution in [0.15, 0.2) is 0 Å². The zero-order valence-electron chi connectivity index (χ0n) is 8.97. The number of rotatable bonds is 10. The van der Waals surface area contributed by atoms with Crippen LogP contribution in [0.3, 0.4) is 0 Å². The molecule has 0 aliphatic rings. The van der Waals surface area contributed by atoms with Crippen molar-refractivity contribution < 1.29 is 9.47 Å². The summed E-state index contributed by atoms with van der Waals surface area (Å²) in [5, 5.41) is 3.36. The van der Waals surface area contributed by atoms with E-state index < -0.39 is 0 Å². The third-order valence-corrected chi connectivity index (χ3v) is 1.75. The summed E-state index contributed by atoms with van der Waals surface area (Å²) < 4.78 is 10.2. The largest absolute Gasteiger partial charge is 0.382 e. The molecule has 0 radical (unpaired) electrons. The van der Waals surface area contributed by atoms with Gasteiger partial charge in [-0.05, 0) is 32.4 Å². The molecule has 80 valence electrons. The summed E-state index contributed by atoms with van der Waals surface area (Å²) in [6, 6.07) is 0. The Kier molecular flexibility index (Phi) is 11.8. The second-order valence-corrected chi connectivity index (χ2v) is 3.06. The number of nitrogens with one attached hydrogen (secondary N) is 1. The van der Waals surface area contributed by atoms with E-state index in [0.29, 0.717) is 6.61 Å². The summed E-state index contributed by atoms with van der Waals surface area (Å²) in [5.41, 5.74) is 0. The van der Waals surface area contributed by atoms with Gasteiger partial charge in [-0.3, -0.25) is 0 Å². The Hall–Kier alpha value is -0.120. The lowest BCUT2D eigenvalue weighted by Gasteiger charge is -2.04. The molecule has 0 rings (SSSR count). The van der Waals surface area contributed by atoms with E-state index in [1.807, 2.05) is 0 Å². The molecule has 0 unspecified atom stereocenters. The zero-order valence-corrected chi connectivity index (χ0v) is 8.97. The molecule has 13 heavy (non-hydrogen) atoms. The Morgan fingerprint density at radius 2 is 1.85 bits per heavy atom. The van der Waals surface area contributed by atoms with Gasteiger partial charge in [0.2, 0.25) is 0 Å². The highest BCUT2D eigenvalue weighted by atomic mass is 16.5. The summed E-state index contributed by atoms with van der Waals surface area (Å²) in [6.07, 6.45) is 3.55. The minimum Gasteiger partial charge on any atom is -0.382 e. The van der Waals surface area contributed by atoms with Crippen molar-refractivity contribution in [1.82, 2.24) is 5.32 Å². The van der Waals surface area contributed by atoms with E-state index in [0.717, 1.165) is 32.7 Å². The van der Waals surface area contributed by atoms with Crippen molar-refractivity contribution in [3.8, 4) is 0 Å². The van der Waals surface area contributed by atoms with E-state index in [9.17, 15) is 0 Å². The van der Waals surface area contributed by atoms with Gasteiger partial charge in [0.05, 0.1) is 13.2 Å². The summed E-state index contributed by atoms with van der Waals surface area (Å²) in [7, 11) is 1.69. The summed E-state index contributed by atoms with van der Waals surface area (Å²) in [4.78, 5) is 0. The molecule has 0 aliphatic carbocycles. The number of ether oxygens (including phenoxy) is 2. The third-order valence-electron chi connectivity index (χ3n) is 1.75. The molecule has 0 atom stereocenters. The van der Waals surface area contributed by atoms with Crippen LogP contribution in [0, 0.1) is 0 Å². The van der Waals surface area contributed by atoms with E-state index in [1.165, 1.54) is 12.8 Å². The normalized spacial score (nSPS) is 10.6. The average Bonchev–Trinajstić information content (AvgIpc) is 2.16. The Bertz CT molecular complexity index is 79.0. The van der Waals surface area contributed by atoms with Crippen LogP contribution in [0.25, 0.3) is 0 Å². The SMILES string of the molecule is CCCNCCCCOCCOC. The van der Waals surface area contributed by atoms with Crippen LogP contribution in [0.5, 0.6) is 0 Å². The lowest BCUT2D eigenvalue weighted by molar-refractivity contribution is 0.0688. The van der Waals surface area contributed by atoms with Gasteiger partial charge < -0.3 is 14.8 Å². The lowest BCUT2D eigenvalue weighted by atomic mass is 10.3. The highest BCUT2D eigenvalue weighted by molar-refractivity contribution is 4.46. The fourth-order valence-corrected chi connectivity index (χ4v) is 1.00. The van der Waals surface area contributed by atoms with Gasteiger partial charge in [0, 0.05) is 13.7 Å². The van der Waals surface area contributed by atoms with Crippen molar-refractivity contribution >= 4 is 0 Å². The fourth-order valence-electron chi connectivity index (χ4n) is 1.00. The van der Waals surface area contributed by atoms with Crippen LogP contribution < -0.4 is 5.32 Å². The second-order valence-electron chi connectivity index (χ2n) is 3.06. The van der Waals surface area contributed by atoms with Crippen molar-refractivity contribution in [3.05, 3.63) is 0 Å². The lowest BCUT2D eigenvalue weighted by Crippen LogP contribution is -2.16. The van der Waals surface area contributed by atoms with Crippen LogP contribution in [-0.2, 0) is 9.47 Å². The second kappa shape index (κ2) is 11.9. The Morgan fingerprint density at radius 3 is 2.54 bits per heavy atom. The Morgan fingerprint density at radius 1 is 1.00 bits per heavy atom. The van der Waals surface area contributed by atoms with Crippen LogP contribution in [0.2, 0.25) is 0 Å². The minimum absolute atomic E-state index is 0.702. The molecule has 1 N–H and O–H groups in total. The topological polar surface area (TPSA) is 30.5 Å². The number of unbranched alkanes of at least 4 members (excludes halogenated alkanes) is 1. The Labute approximate surface area is 81.8 Å². The maximum Gasteiger partial charge on any atom is 0.0700 e. The van der Waals surface area contributed by atoms with Gasteiger partial charge in [0.25, 0.3) is 0 Å². The fraction of sp³-hybridized carbons (Fsp3) is 1.00. The number of methoxy groups -OCH3 is 1. The highest BCUT2D eigenvalue weighted by Gasteiger charge is 1.89. The number of hydrogen-bond acceptors (Lipinski definition) is 3. The van der Waals surface area contributed by atoms with Crippen LogP contribution >= 0.6 is 0 Å². The van der Waals surface area contributed by atoms with Crippen LogP contribution in [0.4, 0.5) is 0 Å². The molecular formula is C10H23NO2. The smallest absolute Gasteiger partial charge is 0.0700 e. The maximum atomic E-state index is 5.33. The first-order chi connectivity index (χ1) is 6.41. The molecule has 0 aromatic rings. The van der Waals surface area contributed by atoms with Gasteiger partial charge in [-0.25, -0.2) is 0 Å². The van der Waals surface area contributed by atoms with Gasteiger partial charge >= 0.3 is 0 Å². The molecule has 0 heterocycles. The summed E-state index contributed by atoms with van der Waals surface area (Å²) in [5.74, 6) is 0. The average molecular weight is 189 g/mol. The number of hydrogen-bond donors (Lipinski definition) is 1. The van der Waals surface area contributed by atoms with E-state index in [1.54, 1.807) is 7.11 Å². The van der Waals surface area contributed by atoms with E-state index in [-0.39, 0.29) is 0 Å². The predicted octanol–water partition coefficient (Wildman–Crippen LogP) is 1.43. The molecule has 0 saturated heterocycles. The van der Waals surface area contributed by atoms with Crippen molar-refractivity contribution in [3.63, 3.8) is 0 Å². The quantitative estimate of drug-likeness (QED) is 0.527. The summed E-state index contributed by atoms with van der Waals surface area (Å²) >= 11 is 0. The molecule has 0 saturated carbocycles. The molecule has 0 aromatic carbocycles. The van der Waals surface area contributed by atoms with Crippen molar-refractivity contribution in [2.24, 2.45) is 0 Å². The molecule has 0 aliphatic heterocycles. The highest BCUT2D eigenvalue weighted by Crippen LogP contribution is 1.88. The van der Waals surface area contributed by atoms with Gasteiger partial charge in [-0.1, -0.05) is 6.92 Å². The van der Waals surface area contributed by atoms with Crippen LogP contribution in [-0.4, -0.2) is 40.0 Å². The molecule has 0 bridgehead atoms. The first kappa shape index (κ1) is 12.9. The zero-order chi connectivity index (χ0) is 9.78. The van der Waals surface area contributed by atoms with Gasteiger partial charge in [-0.15, -0.1) is 0 Å². The molecule has 0 spiro atoms. The van der Waals surface area contributed by atoms with E-state index >= 15 is 0 Å². The van der Waals surface area contributed by atoms with Gasteiger partial charge in [0.15, 0.2) is 0 Å². The van der Waals surface area contributed by atoms with E-state index in [2.05, 4.69) is 12.2 Å². The molecule has 3 heteroatoms. The minimum atomic E-state index is 0.702. The van der Waals surface area contributed by atoms with Crippen molar-refractivity contribution in [2.45, 2.75) is 26.2 Å². The monoisotopic (exact) mass is 189 g/mol. The molecule has 3 nitrogen and oxygen atoms in total. The molecule has 0 amide bonds. The first-order valence-electron chi connectivity index (χ1n) is 5.19. The van der Waals surface area contributed by atoms with Crippen molar-refractivity contribution in [1.29, 1.82) is 0 Å². The first-order valence-corrected chi connectivity index (χ1v) is 5.19. The molecule has 0 fully saturated rings. The van der Waals surface area contributed by atoms with Gasteiger partial charge in [0.1, 0.15) is 0 Å². The predicted molar refractivity (Wildman–Crippen MR) is 55.1 cm³/mol.